The molecule has 0 aromatic heterocycles. The lowest BCUT2D eigenvalue weighted by molar-refractivity contribution is -0.136. The van der Waals surface area contributed by atoms with E-state index in [1.807, 2.05) is 0 Å². The van der Waals surface area contributed by atoms with Crippen molar-refractivity contribution in [3.8, 4) is 12.3 Å². The fraction of sp³-hybridized carbons (Fsp3) is 0.727. The number of carbonyl (C=O) groups is 1. The molecular formula is C11H18N2O2. The summed E-state index contributed by atoms with van der Waals surface area (Å²) in [6.45, 7) is 2.43. The molecule has 1 rings (SSSR count). The highest BCUT2D eigenvalue weighted by Crippen LogP contribution is 2.06. The van der Waals surface area contributed by atoms with Crippen molar-refractivity contribution < 1.29 is 9.53 Å². The minimum Gasteiger partial charge on any atom is -0.368 e. The van der Waals surface area contributed by atoms with Crippen molar-refractivity contribution in [1.82, 2.24) is 10.2 Å². The van der Waals surface area contributed by atoms with Crippen LogP contribution < -0.4 is 5.32 Å². The highest BCUT2D eigenvalue weighted by Gasteiger charge is 2.15. The first-order chi connectivity index (χ1) is 7.24. The van der Waals surface area contributed by atoms with E-state index in [4.69, 9.17) is 11.2 Å². The van der Waals surface area contributed by atoms with Gasteiger partial charge in [-0.3, -0.25) is 4.79 Å². The van der Waals surface area contributed by atoms with Crippen LogP contribution in [0.2, 0.25) is 0 Å². The average Bonchev–Trinajstić information content (AvgIpc) is 2.27. The molecule has 0 bridgehead atoms. The Balaban J connectivity index is 2.18. The zero-order valence-corrected chi connectivity index (χ0v) is 9.16. The molecule has 0 radical (unpaired) electrons. The van der Waals surface area contributed by atoms with E-state index in [0.717, 1.165) is 25.9 Å². The van der Waals surface area contributed by atoms with Crippen LogP contribution in [0, 0.1) is 12.3 Å². The highest BCUT2D eigenvalue weighted by molar-refractivity contribution is 5.77. The molecule has 1 aliphatic heterocycles. The standard InChI is InChI=1S/C11H18N2O2/c1-3-8-13(2)11(14)9-15-10-4-6-12-7-5-10/h1,10,12H,4-9H2,2H3. The number of amides is 1. The average molecular weight is 210 g/mol. The van der Waals surface area contributed by atoms with Crippen LogP contribution in [0.1, 0.15) is 12.8 Å². The van der Waals surface area contributed by atoms with Gasteiger partial charge in [0.2, 0.25) is 5.91 Å². The van der Waals surface area contributed by atoms with E-state index in [0.29, 0.717) is 6.54 Å². The molecule has 1 amide bonds. The minimum atomic E-state index is -0.0496. The van der Waals surface area contributed by atoms with Gasteiger partial charge < -0.3 is 15.0 Å². The monoisotopic (exact) mass is 210 g/mol. The third-order valence-electron chi connectivity index (χ3n) is 2.48. The zero-order chi connectivity index (χ0) is 11.1. The Morgan fingerprint density at radius 3 is 2.87 bits per heavy atom. The molecule has 0 aliphatic carbocycles. The van der Waals surface area contributed by atoms with Gasteiger partial charge in [-0.1, -0.05) is 5.92 Å². The highest BCUT2D eigenvalue weighted by atomic mass is 16.5. The van der Waals surface area contributed by atoms with Gasteiger partial charge in [-0.25, -0.2) is 0 Å². The van der Waals surface area contributed by atoms with Crippen molar-refractivity contribution in [2.75, 3.05) is 33.3 Å². The van der Waals surface area contributed by atoms with Crippen LogP contribution in [-0.2, 0) is 9.53 Å². The first-order valence-corrected chi connectivity index (χ1v) is 5.23. The van der Waals surface area contributed by atoms with E-state index < -0.39 is 0 Å². The number of ether oxygens (including phenoxy) is 1. The summed E-state index contributed by atoms with van der Waals surface area (Å²) in [5, 5.41) is 3.24. The van der Waals surface area contributed by atoms with Gasteiger partial charge in [0.25, 0.3) is 0 Å². The first kappa shape index (κ1) is 12.0. The SMILES string of the molecule is C#CCN(C)C(=O)COC1CCNCC1. The molecule has 0 atom stereocenters. The van der Waals surface area contributed by atoms with Crippen LogP contribution in [0.3, 0.4) is 0 Å². The number of nitrogens with one attached hydrogen (secondary N) is 1. The van der Waals surface area contributed by atoms with Crippen LogP contribution in [0.25, 0.3) is 0 Å². The number of piperidine rings is 1. The predicted molar refractivity (Wildman–Crippen MR) is 58.3 cm³/mol. The lowest BCUT2D eigenvalue weighted by atomic mass is 10.1. The Morgan fingerprint density at radius 2 is 2.27 bits per heavy atom. The number of hydrogen-bond acceptors (Lipinski definition) is 3. The molecule has 0 aromatic rings. The maximum Gasteiger partial charge on any atom is 0.249 e. The molecule has 15 heavy (non-hydrogen) atoms. The van der Waals surface area contributed by atoms with Gasteiger partial charge in [0, 0.05) is 7.05 Å². The van der Waals surface area contributed by atoms with Gasteiger partial charge in [0.1, 0.15) is 6.61 Å². The van der Waals surface area contributed by atoms with Crippen molar-refractivity contribution >= 4 is 5.91 Å². The summed E-state index contributed by atoms with van der Waals surface area (Å²) in [5.41, 5.74) is 0. The van der Waals surface area contributed by atoms with Crippen molar-refractivity contribution in [3.63, 3.8) is 0 Å². The Hall–Kier alpha value is -1.05. The normalized spacial score (nSPS) is 17.1. The Bertz CT molecular complexity index is 241. The van der Waals surface area contributed by atoms with Crippen molar-refractivity contribution in [2.24, 2.45) is 0 Å². The summed E-state index contributed by atoms with van der Waals surface area (Å²) in [5.74, 6) is 2.38. The Morgan fingerprint density at radius 1 is 1.60 bits per heavy atom. The van der Waals surface area contributed by atoms with E-state index in [1.54, 1.807) is 7.05 Å². The number of carbonyl (C=O) groups excluding carboxylic acids is 1. The van der Waals surface area contributed by atoms with E-state index in [2.05, 4.69) is 11.2 Å². The van der Waals surface area contributed by atoms with Crippen molar-refractivity contribution in [1.29, 1.82) is 0 Å². The smallest absolute Gasteiger partial charge is 0.249 e. The third-order valence-corrected chi connectivity index (χ3v) is 2.48. The van der Waals surface area contributed by atoms with Gasteiger partial charge in [-0.2, -0.15) is 0 Å². The molecule has 4 heteroatoms. The van der Waals surface area contributed by atoms with Gasteiger partial charge in [0.05, 0.1) is 12.6 Å². The lowest BCUT2D eigenvalue weighted by Crippen LogP contribution is -2.36. The number of hydrogen-bond donors (Lipinski definition) is 1. The summed E-state index contributed by atoms with van der Waals surface area (Å²) in [7, 11) is 1.69. The fourth-order valence-electron chi connectivity index (χ4n) is 1.49. The summed E-state index contributed by atoms with van der Waals surface area (Å²) in [6, 6.07) is 0. The second kappa shape index (κ2) is 6.44. The summed E-state index contributed by atoms with van der Waals surface area (Å²) >= 11 is 0. The van der Waals surface area contributed by atoms with Gasteiger partial charge in [-0.05, 0) is 25.9 Å². The first-order valence-electron chi connectivity index (χ1n) is 5.23. The topological polar surface area (TPSA) is 41.6 Å². The Labute approximate surface area is 91.0 Å². The fourth-order valence-corrected chi connectivity index (χ4v) is 1.49. The molecule has 0 saturated carbocycles. The number of rotatable bonds is 4. The molecule has 0 aromatic carbocycles. The van der Waals surface area contributed by atoms with Crippen LogP contribution in [0.15, 0.2) is 0 Å². The molecule has 1 saturated heterocycles. The lowest BCUT2D eigenvalue weighted by Gasteiger charge is -2.23. The van der Waals surface area contributed by atoms with E-state index in [9.17, 15) is 4.79 Å². The summed E-state index contributed by atoms with van der Waals surface area (Å²) in [4.78, 5) is 13.0. The van der Waals surface area contributed by atoms with Crippen LogP contribution in [0.5, 0.6) is 0 Å². The maximum absolute atomic E-state index is 11.5. The van der Waals surface area contributed by atoms with Crippen LogP contribution in [0.4, 0.5) is 0 Å². The molecule has 0 unspecified atom stereocenters. The van der Waals surface area contributed by atoms with Gasteiger partial charge in [0.15, 0.2) is 0 Å². The quantitative estimate of drug-likeness (QED) is 0.656. The number of terminal acetylenes is 1. The molecule has 1 heterocycles. The largest absolute Gasteiger partial charge is 0.368 e. The summed E-state index contributed by atoms with van der Waals surface area (Å²) < 4.78 is 5.51. The van der Waals surface area contributed by atoms with Crippen LogP contribution >= 0.6 is 0 Å². The molecule has 1 fully saturated rings. The molecule has 1 N–H and O–H groups in total. The van der Waals surface area contributed by atoms with E-state index in [1.165, 1.54) is 4.90 Å². The minimum absolute atomic E-state index is 0.0496. The molecule has 1 aliphatic rings. The van der Waals surface area contributed by atoms with Gasteiger partial charge in [-0.15, -0.1) is 6.42 Å². The Kier molecular flexibility index (Phi) is 5.16. The molecule has 84 valence electrons. The third kappa shape index (κ3) is 4.32. The van der Waals surface area contributed by atoms with Crippen molar-refractivity contribution in [3.05, 3.63) is 0 Å². The van der Waals surface area contributed by atoms with Crippen molar-refractivity contribution in [2.45, 2.75) is 18.9 Å². The maximum atomic E-state index is 11.5. The zero-order valence-electron chi connectivity index (χ0n) is 9.16. The summed E-state index contributed by atoms with van der Waals surface area (Å²) in [6.07, 6.45) is 7.29. The second-order valence-electron chi connectivity index (χ2n) is 3.71. The number of nitrogens with zero attached hydrogens (tertiary/aromatic N) is 1. The molecular weight excluding hydrogens is 192 g/mol. The predicted octanol–water partition coefficient (Wildman–Crippen LogP) is -0.153. The van der Waals surface area contributed by atoms with E-state index >= 15 is 0 Å². The number of likely N-dealkylation sites (N-methyl/N-ethyl adjacent to an activating group) is 1. The van der Waals surface area contributed by atoms with Crippen LogP contribution in [-0.4, -0.2) is 50.2 Å². The molecule has 4 nitrogen and oxygen atoms in total. The molecule has 0 spiro atoms. The van der Waals surface area contributed by atoms with Gasteiger partial charge >= 0.3 is 0 Å². The van der Waals surface area contributed by atoms with E-state index in [-0.39, 0.29) is 18.6 Å². The second-order valence-corrected chi connectivity index (χ2v) is 3.71.